The molecule has 2 rings (SSSR count). The van der Waals surface area contributed by atoms with Crippen molar-refractivity contribution >= 4 is 11.8 Å². The van der Waals surface area contributed by atoms with Gasteiger partial charge in [-0.3, -0.25) is 0 Å². The molecule has 0 radical (unpaired) electrons. The Morgan fingerprint density at radius 2 is 2.00 bits per heavy atom. The number of thioether (sulfide) groups is 1. The molecule has 0 spiro atoms. The lowest BCUT2D eigenvalue weighted by molar-refractivity contribution is 0.442. The molecule has 1 nitrogen and oxygen atoms in total. The molecule has 0 aromatic heterocycles. The summed E-state index contributed by atoms with van der Waals surface area (Å²) in [5, 5.41) is 4.38. The second-order valence-electron chi connectivity index (χ2n) is 6.29. The Bertz CT molecular complexity index is 364. The highest BCUT2D eigenvalue weighted by Gasteiger charge is 2.21. The molecule has 1 aliphatic heterocycles. The molecule has 0 aliphatic carbocycles. The van der Waals surface area contributed by atoms with Crippen molar-refractivity contribution in [2.75, 3.05) is 13.1 Å². The van der Waals surface area contributed by atoms with Gasteiger partial charge >= 0.3 is 0 Å². The Labute approximate surface area is 122 Å². The van der Waals surface area contributed by atoms with Gasteiger partial charge in [0.15, 0.2) is 0 Å². The zero-order valence-electron chi connectivity index (χ0n) is 12.5. The smallest absolute Gasteiger partial charge is 0.0135 e. The molecular formula is C17H27NS. The molecule has 19 heavy (non-hydrogen) atoms. The monoisotopic (exact) mass is 277 g/mol. The average molecular weight is 277 g/mol. The highest BCUT2D eigenvalue weighted by molar-refractivity contribution is 8.00. The normalized spacial score (nSPS) is 19.7. The van der Waals surface area contributed by atoms with Crippen molar-refractivity contribution < 1.29 is 0 Å². The summed E-state index contributed by atoms with van der Waals surface area (Å²) in [5.41, 5.74) is 1.56. The second kappa shape index (κ2) is 7.35. The number of hydrogen-bond donors (Lipinski definition) is 1. The quantitative estimate of drug-likeness (QED) is 0.794. The Kier molecular flexibility index (Phi) is 5.77. The van der Waals surface area contributed by atoms with Crippen LogP contribution in [0.4, 0.5) is 0 Å². The first kappa shape index (κ1) is 14.9. The summed E-state index contributed by atoms with van der Waals surface area (Å²) in [7, 11) is 0. The molecule has 1 heterocycles. The standard InChI is InChI=1S/C17H27NS/c1-13(2)11-18-12-14(3)8-9-16-10-15-6-4-5-7-17(15)19-16/h4-7,13-14,16,18H,8-12H2,1-3H3. The van der Waals surface area contributed by atoms with E-state index in [1.165, 1.54) is 30.7 Å². The summed E-state index contributed by atoms with van der Waals surface area (Å²) in [6.07, 6.45) is 3.97. The van der Waals surface area contributed by atoms with E-state index in [9.17, 15) is 0 Å². The molecule has 2 unspecified atom stereocenters. The fraction of sp³-hybridized carbons (Fsp3) is 0.647. The van der Waals surface area contributed by atoms with Crippen molar-refractivity contribution in [3.63, 3.8) is 0 Å². The van der Waals surface area contributed by atoms with Crippen LogP contribution in [-0.4, -0.2) is 18.3 Å². The van der Waals surface area contributed by atoms with Crippen LogP contribution in [0, 0.1) is 11.8 Å². The van der Waals surface area contributed by atoms with E-state index in [1.807, 2.05) is 0 Å². The van der Waals surface area contributed by atoms with Gasteiger partial charge in [0.2, 0.25) is 0 Å². The largest absolute Gasteiger partial charge is 0.316 e. The van der Waals surface area contributed by atoms with Gasteiger partial charge in [0.1, 0.15) is 0 Å². The Balaban J connectivity index is 1.65. The second-order valence-corrected chi connectivity index (χ2v) is 7.63. The van der Waals surface area contributed by atoms with Crippen LogP contribution in [0.5, 0.6) is 0 Å². The maximum Gasteiger partial charge on any atom is 0.0135 e. The molecule has 1 aliphatic rings. The lowest BCUT2D eigenvalue weighted by Gasteiger charge is -2.16. The summed E-state index contributed by atoms with van der Waals surface area (Å²) in [6, 6.07) is 8.89. The number of hydrogen-bond acceptors (Lipinski definition) is 2. The van der Waals surface area contributed by atoms with E-state index in [0.717, 1.165) is 23.6 Å². The molecule has 0 amide bonds. The van der Waals surface area contributed by atoms with Gasteiger partial charge in [0.05, 0.1) is 0 Å². The van der Waals surface area contributed by atoms with E-state index in [1.54, 1.807) is 5.56 Å². The molecule has 0 saturated carbocycles. The van der Waals surface area contributed by atoms with Crippen LogP contribution in [-0.2, 0) is 6.42 Å². The predicted octanol–water partition coefficient (Wildman–Crippen LogP) is 4.37. The van der Waals surface area contributed by atoms with E-state index >= 15 is 0 Å². The fourth-order valence-corrected chi connectivity index (χ4v) is 3.94. The molecule has 2 heteroatoms. The first-order valence-electron chi connectivity index (χ1n) is 7.60. The van der Waals surface area contributed by atoms with Crippen LogP contribution in [0.15, 0.2) is 29.2 Å². The summed E-state index contributed by atoms with van der Waals surface area (Å²) >= 11 is 2.09. The van der Waals surface area contributed by atoms with Gasteiger partial charge in [-0.2, -0.15) is 0 Å². The minimum absolute atomic E-state index is 0.757. The highest BCUT2D eigenvalue weighted by atomic mass is 32.2. The van der Waals surface area contributed by atoms with Crippen LogP contribution in [0.3, 0.4) is 0 Å². The third kappa shape index (κ3) is 4.85. The summed E-state index contributed by atoms with van der Waals surface area (Å²) in [6.45, 7) is 9.23. The zero-order chi connectivity index (χ0) is 13.7. The minimum Gasteiger partial charge on any atom is -0.316 e. The highest BCUT2D eigenvalue weighted by Crippen LogP contribution is 2.39. The predicted molar refractivity (Wildman–Crippen MR) is 85.9 cm³/mol. The van der Waals surface area contributed by atoms with Crippen molar-refractivity contribution in [2.45, 2.75) is 50.2 Å². The fourth-order valence-electron chi connectivity index (χ4n) is 2.61. The molecule has 1 aromatic carbocycles. The van der Waals surface area contributed by atoms with Crippen LogP contribution in [0.1, 0.15) is 39.2 Å². The lowest BCUT2D eigenvalue weighted by Crippen LogP contribution is -2.25. The van der Waals surface area contributed by atoms with Gasteiger partial charge < -0.3 is 5.32 Å². The Hall–Kier alpha value is -0.470. The van der Waals surface area contributed by atoms with Gasteiger partial charge in [0.25, 0.3) is 0 Å². The van der Waals surface area contributed by atoms with E-state index in [4.69, 9.17) is 0 Å². The maximum absolute atomic E-state index is 3.57. The van der Waals surface area contributed by atoms with Crippen LogP contribution in [0.25, 0.3) is 0 Å². The van der Waals surface area contributed by atoms with E-state index in [2.05, 4.69) is 62.1 Å². The van der Waals surface area contributed by atoms with Gasteiger partial charge in [-0.1, -0.05) is 39.0 Å². The number of rotatable bonds is 7. The zero-order valence-corrected chi connectivity index (χ0v) is 13.3. The van der Waals surface area contributed by atoms with Crippen molar-refractivity contribution in [1.29, 1.82) is 0 Å². The molecular weight excluding hydrogens is 250 g/mol. The van der Waals surface area contributed by atoms with Crippen molar-refractivity contribution in [2.24, 2.45) is 11.8 Å². The average Bonchev–Trinajstić information content (AvgIpc) is 2.78. The molecule has 2 atom stereocenters. The van der Waals surface area contributed by atoms with Gasteiger partial charge in [-0.05, 0) is 55.8 Å². The van der Waals surface area contributed by atoms with Crippen LogP contribution >= 0.6 is 11.8 Å². The van der Waals surface area contributed by atoms with Crippen molar-refractivity contribution in [3.05, 3.63) is 29.8 Å². The number of nitrogens with one attached hydrogen (secondary N) is 1. The molecule has 1 aromatic rings. The van der Waals surface area contributed by atoms with Crippen LogP contribution in [0.2, 0.25) is 0 Å². The maximum atomic E-state index is 3.57. The third-order valence-corrected chi connectivity index (χ3v) is 5.13. The Morgan fingerprint density at radius 3 is 2.74 bits per heavy atom. The summed E-state index contributed by atoms with van der Waals surface area (Å²) in [4.78, 5) is 1.51. The summed E-state index contributed by atoms with van der Waals surface area (Å²) < 4.78 is 0. The number of benzene rings is 1. The van der Waals surface area contributed by atoms with Gasteiger partial charge in [-0.25, -0.2) is 0 Å². The van der Waals surface area contributed by atoms with Crippen LogP contribution < -0.4 is 5.32 Å². The van der Waals surface area contributed by atoms with Crippen molar-refractivity contribution in [1.82, 2.24) is 5.32 Å². The lowest BCUT2D eigenvalue weighted by atomic mass is 10.0. The third-order valence-electron chi connectivity index (χ3n) is 3.74. The van der Waals surface area contributed by atoms with Gasteiger partial charge in [-0.15, -0.1) is 11.8 Å². The van der Waals surface area contributed by atoms with Crippen molar-refractivity contribution in [3.8, 4) is 0 Å². The topological polar surface area (TPSA) is 12.0 Å². The number of fused-ring (bicyclic) bond motifs is 1. The molecule has 106 valence electrons. The molecule has 0 saturated heterocycles. The SMILES string of the molecule is CC(C)CNCC(C)CCC1Cc2ccccc2S1. The molecule has 1 N–H and O–H groups in total. The molecule has 0 bridgehead atoms. The Morgan fingerprint density at radius 1 is 1.21 bits per heavy atom. The summed E-state index contributed by atoms with van der Waals surface area (Å²) in [5.74, 6) is 1.55. The van der Waals surface area contributed by atoms with E-state index < -0.39 is 0 Å². The van der Waals surface area contributed by atoms with E-state index in [-0.39, 0.29) is 0 Å². The minimum atomic E-state index is 0.757. The molecule has 0 fully saturated rings. The first-order chi connectivity index (χ1) is 9.15. The first-order valence-corrected chi connectivity index (χ1v) is 8.48. The van der Waals surface area contributed by atoms with Gasteiger partial charge in [0, 0.05) is 10.1 Å². The van der Waals surface area contributed by atoms with E-state index in [0.29, 0.717) is 0 Å².